The highest BCUT2D eigenvalue weighted by Crippen LogP contribution is 2.25. The molecule has 106 valence electrons. The molecule has 2 atom stereocenters. The van der Waals surface area contributed by atoms with E-state index in [2.05, 4.69) is 12.2 Å². The molecule has 0 amide bonds. The second kappa shape index (κ2) is 6.92. The van der Waals surface area contributed by atoms with E-state index in [0.29, 0.717) is 11.9 Å². The van der Waals surface area contributed by atoms with Gasteiger partial charge in [-0.15, -0.1) is 0 Å². The molecule has 1 saturated heterocycles. The van der Waals surface area contributed by atoms with E-state index in [1.807, 2.05) is 25.1 Å². The zero-order valence-electron chi connectivity index (χ0n) is 12.0. The Labute approximate surface area is 116 Å². The summed E-state index contributed by atoms with van der Waals surface area (Å²) in [6.45, 7) is 5.92. The van der Waals surface area contributed by atoms with Gasteiger partial charge in [0.2, 0.25) is 0 Å². The van der Waals surface area contributed by atoms with Gasteiger partial charge in [-0.25, -0.2) is 0 Å². The van der Waals surface area contributed by atoms with Gasteiger partial charge in [0.15, 0.2) is 0 Å². The van der Waals surface area contributed by atoms with Gasteiger partial charge in [-0.1, -0.05) is 12.1 Å². The van der Waals surface area contributed by atoms with Crippen molar-refractivity contribution in [3.63, 3.8) is 0 Å². The second-order valence-corrected chi connectivity index (χ2v) is 5.52. The predicted molar refractivity (Wildman–Crippen MR) is 77.5 cm³/mol. The molecule has 0 aliphatic carbocycles. The standard InChI is InChI=1S/C16H25NO2/c1-12-6-7-15(16(18)11-12)13(2)17-9-8-14-5-3-4-10-19-14/h6-7,11,13-14,17-18H,3-5,8-10H2,1-2H3. The van der Waals surface area contributed by atoms with Gasteiger partial charge in [-0.05, 0) is 57.7 Å². The summed E-state index contributed by atoms with van der Waals surface area (Å²) in [5, 5.41) is 13.4. The smallest absolute Gasteiger partial charge is 0.120 e. The van der Waals surface area contributed by atoms with Crippen LogP contribution in [0, 0.1) is 6.92 Å². The van der Waals surface area contributed by atoms with E-state index in [1.165, 1.54) is 19.3 Å². The number of nitrogens with one attached hydrogen (secondary N) is 1. The maximum absolute atomic E-state index is 9.95. The van der Waals surface area contributed by atoms with Gasteiger partial charge in [0.1, 0.15) is 5.75 Å². The van der Waals surface area contributed by atoms with Crippen LogP contribution in [0.4, 0.5) is 0 Å². The first kappa shape index (κ1) is 14.4. The molecule has 0 radical (unpaired) electrons. The van der Waals surface area contributed by atoms with Crippen LogP contribution in [0.3, 0.4) is 0 Å². The maximum atomic E-state index is 9.95. The Bertz CT molecular complexity index is 400. The van der Waals surface area contributed by atoms with E-state index in [4.69, 9.17) is 4.74 Å². The fourth-order valence-corrected chi connectivity index (χ4v) is 2.63. The molecule has 1 aromatic carbocycles. The number of phenolic OH excluding ortho intramolecular Hbond substituents is 1. The zero-order valence-corrected chi connectivity index (χ0v) is 12.0. The molecular weight excluding hydrogens is 238 g/mol. The first-order valence-corrected chi connectivity index (χ1v) is 7.31. The Hall–Kier alpha value is -1.06. The van der Waals surface area contributed by atoms with E-state index < -0.39 is 0 Å². The van der Waals surface area contributed by atoms with Gasteiger partial charge < -0.3 is 15.2 Å². The minimum Gasteiger partial charge on any atom is -0.508 e. The first-order chi connectivity index (χ1) is 9.16. The molecule has 1 heterocycles. The van der Waals surface area contributed by atoms with Crippen molar-refractivity contribution in [1.29, 1.82) is 0 Å². The van der Waals surface area contributed by atoms with Crippen LogP contribution in [0.25, 0.3) is 0 Å². The van der Waals surface area contributed by atoms with Crippen molar-refractivity contribution >= 4 is 0 Å². The molecule has 3 heteroatoms. The van der Waals surface area contributed by atoms with Gasteiger partial charge in [0.05, 0.1) is 6.10 Å². The topological polar surface area (TPSA) is 41.5 Å². The highest BCUT2D eigenvalue weighted by Gasteiger charge is 2.14. The molecule has 19 heavy (non-hydrogen) atoms. The SMILES string of the molecule is Cc1ccc(C(C)NCCC2CCCCO2)c(O)c1. The monoisotopic (exact) mass is 263 g/mol. The van der Waals surface area contributed by atoms with Crippen molar-refractivity contribution in [3.05, 3.63) is 29.3 Å². The largest absolute Gasteiger partial charge is 0.508 e. The Morgan fingerprint density at radius 2 is 2.26 bits per heavy atom. The van der Waals surface area contributed by atoms with Gasteiger partial charge in [-0.3, -0.25) is 0 Å². The van der Waals surface area contributed by atoms with E-state index in [9.17, 15) is 5.11 Å². The van der Waals surface area contributed by atoms with E-state index in [1.54, 1.807) is 0 Å². The molecular formula is C16H25NO2. The Balaban J connectivity index is 1.78. The van der Waals surface area contributed by atoms with Crippen LogP contribution in [-0.4, -0.2) is 24.4 Å². The van der Waals surface area contributed by atoms with Crippen LogP contribution in [0.15, 0.2) is 18.2 Å². The highest BCUT2D eigenvalue weighted by molar-refractivity contribution is 5.37. The number of benzene rings is 1. The van der Waals surface area contributed by atoms with Crippen molar-refractivity contribution in [2.45, 2.75) is 51.7 Å². The number of rotatable bonds is 5. The molecule has 1 aliphatic heterocycles. The third kappa shape index (κ3) is 4.22. The fraction of sp³-hybridized carbons (Fsp3) is 0.625. The lowest BCUT2D eigenvalue weighted by molar-refractivity contribution is 0.0112. The summed E-state index contributed by atoms with van der Waals surface area (Å²) in [6.07, 6.45) is 5.15. The van der Waals surface area contributed by atoms with Crippen LogP contribution in [0.2, 0.25) is 0 Å². The number of aromatic hydroxyl groups is 1. The minimum absolute atomic E-state index is 0.171. The molecule has 1 aromatic rings. The van der Waals surface area contributed by atoms with E-state index in [-0.39, 0.29) is 6.04 Å². The maximum Gasteiger partial charge on any atom is 0.120 e. The van der Waals surface area contributed by atoms with Gasteiger partial charge in [0.25, 0.3) is 0 Å². The highest BCUT2D eigenvalue weighted by atomic mass is 16.5. The molecule has 0 spiro atoms. The summed E-state index contributed by atoms with van der Waals surface area (Å²) in [5.41, 5.74) is 2.05. The van der Waals surface area contributed by atoms with Gasteiger partial charge in [-0.2, -0.15) is 0 Å². The zero-order chi connectivity index (χ0) is 13.7. The average Bonchev–Trinajstić information content (AvgIpc) is 2.39. The third-order valence-corrected chi connectivity index (χ3v) is 3.84. The molecule has 3 nitrogen and oxygen atoms in total. The molecule has 2 unspecified atom stereocenters. The average molecular weight is 263 g/mol. The molecule has 1 fully saturated rings. The van der Waals surface area contributed by atoms with Crippen molar-refractivity contribution < 1.29 is 9.84 Å². The molecule has 1 aliphatic rings. The van der Waals surface area contributed by atoms with Crippen molar-refractivity contribution in [2.24, 2.45) is 0 Å². The molecule has 0 bridgehead atoms. The Morgan fingerprint density at radius 3 is 2.95 bits per heavy atom. The summed E-state index contributed by atoms with van der Waals surface area (Å²) in [7, 11) is 0. The Morgan fingerprint density at radius 1 is 1.42 bits per heavy atom. The van der Waals surface area contributed by atoms with Crippen molar-refractivity contribution in [3.8, 4) is 5.75 Å². The van der Waals surface area contributed by atoms with E-state index >= 15 is 0 Å². The summed E-state index contributed by atoms with van der Waals surface area (Å²) in [4.78, 5) is 0. The summed E-state index contributed by atoms with van der Waals surface area (Å²) >= 11 is 0. The predicted octanol–water partition coefficient (Wildman–Crippen LogP) is 3.31. The quantitative estimate of drug-likeness (QED) is 0.856. The second-order valence-electron chi connectivity index (χ2n) is 5.52. The normalized spacial score (nSPS) is 21.3. The first-order valence-electron chi connectivity index (χ1n) is 7.31. The number of hydrogen-bond donors (Lipinski definition) is 2. The van der Waals surface area contributed by atoms with Crippen molar-refractivity contribution in [2.75, 3.05) is 13.2 Å². The number of phenols is 1. The minimum atomic E-state index is 0.171. The number of aryl methyl sites for hydroxylation is 1. The number of hydrogen-bond acceptors (Lipinski definition) is 3. The Kier molecular flexibility index (Phi) is 5.23. The lowest BCUT2D eigenvalue weighted by Crippen LogP contribution is -2.27. The summed E-state index contributed by atoms with van der Waals surface area (Å²) in [5.74, 6) is 0.383. The van der Waals surface area contributed by atoms with Crippen LogP contribution in [0.1, 0.15) is 49.8 Å². The summed E-state index contributed by atoms with van der Waals surface area (Å²) < 4.78 is 5.72. The lowest BCUT2D eigenvalue weighted by Gasteiger charge is -2.23. The summed E-state index contributed by atoms with van der Waals surface area (Å²) in [6, 6.07) is 6.03. The van der Waals surface area contributed by atoms with Gasteiger partial charge in [0, 0.05) is 18.2 Å². The fourth-order valence-electron chi connectivity index (χ4n) is 2.63. The van der Waals surface area contributed by atoms with E-state index in [0.717, 1.165) is 30.7 Å². The van der Waals surface area contributed by atoms with Gasteiger partial charge >= 0.3 is 0 Å². The van der Waals surface area contributed by atoms with Crippen LogP contribution < -0.4 is 5.32 Å². The van der Waals surface area contributed by atoms with Crippen LogP contribution >= 0.6 is 0 Å². The van der Waals surface area contributed by atoms with Crippen molar-refractivity contribution in [1.82, 2.24) is 5.32 Å². The number of ether oxygens (including phenoxy) is 1. The third-order valence-electron chi connectivity index (χ3n) is 3.84. The lowest BCUT2D eigenvalue weighted by atomic mass is 10.0. The molecule has 0 aromatic heterocycles. The molecule has 2 N–H and O–H groups in total. The van der Waals surface area contributed by atoms with Crippen LogP contribution in [-0.2, 0) is 4.74 Å². The molecule has 2 rings (SSSR count). The molecule has 0 saturated carbocycles. The van der Waals surface area contributed by atoms with Crippen LogP contribution in [0.5, 0.6) is 5.75 Å².